The van der Waals surface area contributed by atoms with Crippen molar-refractivity contribution in [3.8, 4) is 5.75 Å². The van der Waals surface area contributed by atoms with Gasteiger partial charge in [-0.25, -0.2) is 8.42 Å². The lowest BCUT2D eigenvalue weighted by Crippen LogP contribution is -2.63. The van der Waals surface area contributed by atoms with Crippen LogP contribution in [0.2, 0.25) is 0 Å². The van der Waals surface area contributed by atoms with E-state index in [9.17, 15) is 27.1 Å². The third-order valence-electron chi connectivity index (χ3n) is 6.17. The largest absolute Gasteiger partial charge is 0.435 e. The predicted octanol–water partition coefficient (Wildman–Crippen LogP) is 2.86. The molecule has 4 N–H and O–H groups in total. The molecule has 0 spiro atoms. The van der Waals surface area contributed by atoms with E-state index in [0.29, 0.717) is 11.4 Å². The zero-order valence-electron chi connectivity index (χ0n) is 19.5. The summed E-state index contributed by atoms with van der Waals surface area (Å²) in [5.41, 5.74) is -1.33. The second kappa shape index (κ2) is 9.75. The van der Waals surface area contributed by atoms with E-state index in [1.54, 1.807) is 19.1 Å². The summed E-state index contributed by atoms with van der Waals surface area (Å²) < 4.78 is 58.2. The monoisotopic (exact) mass is 523 g/mol. The summed E-state index contributed by atoms with van der Waals surface area (Å²) >= 11 is 0. The molecule has 12 heteroatoms. The molecule has 0 saturated carbocycles. The molecular weight excluding hydrogens is 496 g/mol. The van der Waals surface area contributed by atoms with Crippen LogP contribution < -0.4 is 15.4 Å². The molecule has 2 aromatic rings. The number of sulfone groups is 1. The Bertz CT molecular complexity index is 1270. The van der Waals surface area contributed by atoms with Crippen molar-refractivity contribution in [3.05, 3.63) is 53.6 Å². The van der Waals surface area contributed by atoms with Gasteiger partial charge in [0.2, 0.25) is 0 Å². The van der Waals surface area contributed by atoms with Gasteiger partial charge >= 0.3 is 6.61 Å². The van der Waals surface area contributed by atoms with Crippen molar-refractivity contribution in [1.82, 2.24) is 5.32 Å². The number of amides is 1. The molecule has 0 aliphatic carbocycles. The fourth-order valence-corrected chi connectivity index (χ4v) is 6.46. The van der Waals surface area contributed by atoms with E-state index >= 15 is 0 Å². The van der Waals surface area contributed by atoms with E-state index < -0.39 is 33.5 Å². The van der Waals surface area contributed by atoms with Crippen LogP contribution in [0.3, 0.4) is 0 Å². The average Bonchev–Trinajstić information content (AvgIpc) is 2.77. The van der Waals surface area contributed by atoms with Crippen LogP contribution in [0.15, 0.2) is 42.5 Å². The molecule has 2 heterocycles. The summed E-state index contributed by atoms with van der Waals surface area (Å²) in [7, 11) is -3.17. The maximum Gasteiger partial charge on any atom is 0.387 e. The molecule has 2 aliphatic rings. The molecule has 0 aromatic heterocycles. The van der Waals surface area contributed by atoms with Crippen LogP contribution in [0, 0.1) is 5.41 Å². The predicted molar refractivity (Wildman–Crippen MR) is 129 cm³/mol. The van der Waals surface area contributed by atoms with Gasteiger partial charge in [-0.3, -0.25) is 4.79 Å². The number of benzene rings is 2. The van der Waals surface area contributed by atoms with Crippen molar-refractivity contribution < 1.29 is 36.6 Å². The number of hydrogen-bond acceptors (Lipinski definition) is 8. The number of halogens is 2. The number of rotatable bonds is 8. The minimum absolute atomic E-state index is 0.0608. The van der Waals surface area contributed by atoms with Gasteiger partial charge in [0.15, 0.2) is 9.84 Å². The number of aliphatic hydroxyl groups is 1. The summed E-state index contributed by atoms with van der Waals surface area (Å²) in [5.74, 6) is -0.899. The van der Waals surface area contributed by atoms with Gasteiger partial charge in [0.1, 0.15) is 11.4 Å². The lowest BCUT2D eigenvalue weighted by atomic mass is 9.84. The van der Waals surface area contributed by atoms with Gasteiger partial charge in [-0.05, 0) is 37.3 Å². The normalized spacial score (nSPS) is 19.7. The van der Waals surface area contributed by atoms with E-state index in [-0.39, 0.29) is 60.1 Å². The van der Waals surface area contributed by atoms with E-state index in [0.717, 1.165) is 0 Å². The summed E-state index contributed by atoms with van der Waals surface area (Å²) in [5, 5.41) is 25.7. The number of ether oxygens (including phenoxy) is 2. The van der Waals surface area contributed by atoms with Crippen LogP contribution >= 0.6 is 0 Å². The van der Waals surface area contributed by atoms with Gasteiger partial charge in [0.05, 0.1) is 22.8 Å². The van der Waals surface area contributed by atoms with E-state index in [1.807, 2.05) is 0 Å². The van der Waals surface area contributed by atoms with Crippen LogP contribution in [0.1, 0.15) is 35.7 Å². The van der Waals surface area contributed by atoms with Crippen molar-refractivity contribution >= 4 is 32.8 Å². The highest BCUT2D eigenvalue weighted by atomic mass is 32.2. The summed E-state index contributed by atoms with van der Waals surface area (Å²) in [6, 6.07) is 10.4. The molecule has 1 amide bonds. The maximum absolute atomic E-state index is 12.9. The smallest absolute Gasteiger partial charge is 0.387 e. The van der Waals surface area contributed by atoms with Crippen molar-refractivity contribution in [3.63, 3.8) is 0 Å². The van der Waals surface area contributed by atoms with Gasteiger partial charge in [0.25, 0.3) is 5.91 Å². The Morgan fingerprint density at radius 3 is 2.50 bits per heavy atom. The zero-order chi connectivity index (χ0) is 26.1. The van der Waals surface area contributed by atoms with E-state index in [1.165, 1.54) is 30.3 Å². The standard InChI is InChI=1S/C24H27F2N3O6S/c1-23(13-36(32,33)14-23)29-21(30)15-5-6-19(28-16-3-2-4-17(12-16)35-22(25)26)18(11-15)20(27)24(31)7-9-34-10-8-24/h2-6,11-12,22,27-28,31H,7-10,13-14H2,1H3,(H,29,30). The number of nitrogens with one attached hydrogen (secondary N) is 3. The van der Waals surface area contributed by atoms with Gasteiger partial charge in [-0.2, -0.15) is 8.78 Å². The third-order valence-corrected chi connectivity index (χ3v) is 8.32. The number of carbonyl (C=O) groups excluding carboxylic acids is 1. The fraction of sp³-hybridized carbons (Fsp3) is 0.417. The van der Waals surface area contributed by atoms with Crippen LogP contribution in [-0.4, -0.2) is 67.6 Å². The quantitative estimate of drug-likeness (QED) is 0.391. The van der Waals surface area contributed by atoms with E-state index in [2.05, 4.69) is 15.4 Å². The molecule has 36 heavy (non-hydrogen) atoms. The van der Waals surface area contributed by atoms with Crippen molar-refractivity contribution in [2.24, 2.45) is 0 Å². The first-order valence-electron chi connectivity index (χ1n) is 11.3. The first-order chi connectivity index (χ1) is 16.9. The van der Waals surface area contributed by atoms with Crippen LogP contribution in [0.5, 0.6) is 5.75 Å². The molecule has 0 atom stereocenters. The summed E-state index contributed by atoms with van der Waals surface area (Å²) in [4.78, 5) is 12.9. The molecular formula is C24H27F2N3O6S. The number of carbonyl (C=O) groups is 1. The molecule has 2 fully saturated rings. The molecule has 2 saturated heterocycles. The minimum Gasteiger partial charge on any atom is -0.435 e. The second-order valence-corrected chi connectivity index (χ2v) is 11.4. The Morgan fingerprint density at radius 2 is 1.86 bits per heavy atom. The third kappa shape index (κ3) is 5.82. The van der Waals surface area contributed by atoms with Gasteiger partial charge in [0, 0.05) is 54.6 Å². The molecule has 0 bridgehead atoms. The molecule has 194 valence electrons. The Balaban J connectivity index is 1.65. The fourth-order valence-electron chi connectivity index (χ4n) is 4.46. The first kappa shape index (κ1) is 26.0. The van der Waals surface area contributed by atoms with E-state index in [4.69, 9.17) is 10.1 Å². The Morgan fingerprint density at radius 1 is 1.17 bits per heavy atom. The van der Waals surface area contributed by atoms with Crippen LogP contribution in [0.25, 0.3) is 0 Å². The summed E-state index contributed by atoms with van der Waals surface area (Å²) in [6.07, 6.45) is 0.380. The highest BCUT2D eigenvalue weighted by molar-refractivity contribution is 7.93. The Labute approximate surface area is 207 Å². The highest BCUT2D eigenvalue weighted by Crippen LogP contribution is 2.32. The Hall–Kier alpha value is -3.09. The topological polar surface area (TPSA) is 138 Å². The van der Waals surface area contributed by atoms with Gasteiger partial charge in [-0.15, -0.1) is 0 Å². The second-order valence-electron chi connectivity index (χ2n) is 9.36. The molecule has 9 nitrogen and oxygen atoms in total. The highest BCUT2D eigenvalue weighted by Gasteiger charge is 2.46. The molecule has 2 aromatic carbocycles. The van der Waals surface area contributed by atoms with Gasteiger partial charge in [-0.1, -0.05) is 6.07 Å². The van der Waals surface area contributed by atoms with Gasteiger partial charge < -0.3 is 30.6 Å². The number of hydrogen-bond donors (Lipinski definition) is 4. The van der Waals surface area contributed by atoms with Crippen molar-refractivity contribution in [2.75, 3.05) is 30.0 Å². The molecule has 2 aliphatic heterocycles. The minimum atomic E-state index is -3.17. The number of alkyl halides is 2. The van der Waals surface area contributed by atoms with Crippen molar-refractivity contribution in [2.45, 2.75) is 37.5 Å². The Kier molecular flexibility index (Phi) is 7.04. The summed E-state index contributed by atoms with van der Waals surface area (Å²) in [6.45, 7) is -0.815. The van der Waals surface area contributed by atoms with Crippen LogP contribution in [0.4, 0.5) is 20.2 Å². The zero-order valence-corrected chi connectivity index (χ0v) is 20.3. The molecule has 4 rings (SSSR count). The average molecular weight is 524 g/mol. The SMILES string of the molecule is CC1(NC(=O)c2ccc(Nc3cccc(OC(F)F)c3)c(C(=N)C3(O)CCOCC3)c2)CS(=O)(=O)C1. The lowest BCUT2D eigenvalue weighted by Gasteiger charge is -2.38. The maximum atomic E-state index is 12.9. The lowest BCUT2D eigenvalue weighted by molar-refractivity contribution is -0.0498. The first-order valence-corrected chi connectivity index (χ1v) is 13.1. The van der Waals surface area contributed by atoms with Crippen LogP contribution in [-0.2, 0) is 14.6 Å². The molecule has 0 unspecified atom stereocenters. The number of anilines is 2. The van der Waals surface area contributed by atoms with Crippen molar-refractivity contribution in [1.29, 1.82) is 5.41 Å². The molecule has 0 radical (unpaired) electrons.